The molecule has 0 N–H and O–H groups in total. The molecule has 122 valence electrons. The minimum Gasteiger partial charge on any atom is -0.293 e. The van der Waals surface area contributed by atoms with Crippen molar-refractivity contribution < 1.29 is 4.79 Å². The van der Waals surface area contributed by atoms with Gasteiger partial charge in [0.25, 0.3) is 0 Å². The van der Waals surface area contributed by atoms with Crippen molar-refractivity contribution in [3.8, 4) is 0 Å². The third-order valence-corrected chi connectivity index (χ3v) is 5.62. The van der Waals surface area contributed by atoms with Gasteiger partial charge in [-0.15, -0.1) is 5.10 Å². The average molecular weight is 330 g/mol. The van der Waals surface area contributed by atoms with Crippen molar-refractivity contribution >= 4 is 17.5 Å². The minimum absolute atomic E-state index is 0.124. The number of ketones is 1. The van der Waals surface area contributed by atoms with Gasteiger partial charge in [0.15, 0.2) is 5.78 Å². The van der Waals surface area contributed by atoms with Gasteiger partial charge in [-0.2, -0.15) is 0 Å². The van der Waals surface area contributed by atoms with Gasteiger partial charge in [-0.25, -0.2) is 4.68 Å². The van der Waals surface area contributed by atoms with Gasteiger partial charge in [-0.3, -0.25) is 4.79 Å². The normalized spacial score (nSPS) is 16.7. The highest BCUT2D eigenvalue weighted by Crippen LogP contribution is 2.33. The maximum atomic E-state index is 12.7. The minimum atomic E-state index is -0.205. The molecule has 1 aromatic heterocycles. The Morgan fingerprint density at radius 1 is 1.26 bits per heavy atom. The van der Waals surface area contributed by atoms with E-state index < -0.39 is 0 Å². The predicted molar refractivity (Wildman–Crippen MR) is 90.9 cm³/mol. The zero-order valence-electron chi connectivity index (χ0n) is 13.8. The van der Waals surface area contributed by atoms with Crippen molar-refractivity contribution in [1.82, 2.24) is 20.2 Å². The first-order valence-electron chi connectivity index (χ1n) is 8.12. The molecule has 1 atom stereocenters. The van der Waals surface area contributed by atoms with E-state index in [-0.39, 0.29) is 11.0 Å². The van der Waals surface area contributed by atoms with Crippen LogP contribution in [0.25, 0.3) is 0 Å². The molecule has 0 aliphatic heterocycles. The first kappa shape index (κ1) is 16.2. The zero-order chi connectivity index (χ0) is 16.4. The van der Waals surface area contributed by atoms with E-state index in [0.717, 1.165) is 29.1 Å². The molecule has 23 heavy (non-hydrogen) atoms. The molecule has 6 heteroatoms. The number of nitrogens with zero attached hydrogens (tertiary/aromatic N) is 4. The second-order valence-corrected chi connectivity index (χ2v) is 7.58. The van der Waals surface area contributed by atoms with Gasteiger partial charge >= 0.3 is 0 Å². The average Bonchev–Trinajstić information content (AvgIpc) is 3.20. The fourth-order valence-corrected chi connectivity index (χ4v) is 3.92. The predicted octanol–water partition coefficient (Wildman–Crippen LogP) is 3.77. The molecule has 0 saturated heterocycles. The summed E-state index contributed by atoms with van der Waals surface area (Å²) in [4.78, 5) is 12.7. The SMILES string of the molecule is Cc1ccc(C(=O)C(C)Sc2nnnn2C2CCCC2)cc1C. The van der Waals surface area contributed by atoms with Crippen LogP contribution in [0.3, 0.4) is 0 Å². The summed E-state index contributed by atoms with van der Waals surface area (Å²) in [5.74, 6) is 0.124. The lowest BCUT2D eigenvalue weighted by Crippen LogP contribution is -2.16. The van der Waals surface area contributed by atoms with Crippen LogP contribution in [-0.4, -0.2) is 31.2 Å². The van der Waals surface area contributed by atoms with Crippen LogP contribution in [0.4, 0.5) is 0 Å². The summed E-state index contributed by atoms with van der Waals surface area (Å²) in [7, 11) is 0. The lowest BCUT2D eigenvalue weighted by molar-refractivity contribution is 0.0993. The van der Waals surface area contributed by atoms with Crippen LogP contribution in [0.1, 0.15) is 60.1 Å². The smallest absolute Gasteiger partial charge is 0.210 e. The van der Waals surface area contributed by atoms with Crippen LogP contribution in [0.2, 0.25) is 0 Å². The molecule has 1 aliphatic rings. The molecule has 3 rings (SSSR count). The Morgan fingerprint density at radius 2 is 2.00 bits per heavy atom. The molecule has 1 aromatic carbocycles. The Bertz CT molecular complexity index is 706. The molecule has 1 fully saturated rings. The third-order valence-electron chi connectivity index (χ3n) is 4.58. The first-order chi connectivity index (χ1) is 11.1. The fraction of sp³-hybridized carbons (Fsp3) is 0.529. The topological polar surface area (TPSA) is 60.7 Å². The van der Waals surface area contributed by atoms with E-state index in [1.165, 1.54) is 30.2 Å². The molecule has 1 heterocycles. The van der Waals surface area contributed by atoms with Crippen molar-refractivity contribution in [3.63, 3.8) is 0 Å². The van der Waals surface area contributed by atoms with Crippen molar-refractivity contribution in [1.29, 1.82) is 0 Å². The maximum absolute atomic E-state index is 12.7. The van der Waals surface area contributed by atoms with E-state index in [9.17, 15) is 4.79 Å². The molecule has 0 radical (unpaired) electrons. The number of benzene rings is 1. The molecular formula is C17H22N4OS. The Hall–Kier alpha value is -1.69. The summed E-state index contributed by atoms with van der Waals surface area (Å²) in [6, 6.07) is 6.26. The molecule has 2 aromatic rings. The molecule has 0 bridgehead atoms. The highest BCUT2D eigenvalue weighted by atomic mass is 32.2. The maximum Gasteiger partial charge on any atom is 0.210 e. The van der Waals surface area contributed by atoms with E-state index in [1.807, 2.05) is 36.7 Å². The third kappa shape index (κ3) is 3.47. The number of hydrogen-bond acceptors (Lipinski definition) is 5. The number of carbonyl (C=O) groups is 1. The summed E-state index contributed by atoms with van der Waals surface area (Å²) < 4.78 is 1.90. The molecular weight excluding hydrogens is 308 g/mol. The summed E-state index contributed by atoms with van der Waals surface area (Å²) >= 11 is 1.45. The van der Waals surface area contributed by atoms with Crippen LogP contribution in [0.5, 0.6) is 0 Å². The lowest BCUT2D eigenvalue weighted by atomic mass is 10.0. The molecule has 1 unspecified atom stereocenters. The van der Waals surface area contributed by atoms with Crippen molar-refractivity contribution in [2.45, 2.75) is 62.9 Å². The zero-order valence-corrected chi connectivity index (χ0v) is 14.6. The van der Waals surface area contributed by atoms with E-state index in [2.05, 4.69) is 22.4 Å². The van der Waals surface area contributed by atoms with Gasteiger partial charge in [-0.05, 0) is 61.2 Å². The number of thioether (sulfide) groups is 1. The van der Waals surface area contributed by atoms with Crippen LogP contribution >= 0.6 is 11.8 Å². The molecule has 1 saturated carbocycles. The number of rotatable bonds is 5. The van der Waals surface area contributed by atoms with E-state index in [0.29, 0.717) is 6.04 Å². The standard InChI is InChI=1S/C17H22N4OS/c1-11-8-9-14(10-12(11)2)16(22)13(3)23-17-18-19-20-21(17)15-6-4-5-7-15/h8-10,13,15H,4-7H2,1-3H3. The second-order valence-electron chi connectivity index (χ2n) is 6.27. The highest BCUT2D eigenvalue weighted by molar-refractivity contribution is 8.00. The first-order valence-corrected chi connectivity index (χ1v) is 9.00. The van der Waals surface area contributed by atoms with Crippen LogP contribution < -0.4 is 0 Å². The molecule has 5 nitrogen and oxygen atoms in total. The number of carbonyl (C=O) groups excluding carboxylic acids is 1. The monoisotopic (exact) mass is 330 g/mol. The molecule has 0 amide bonds. The van der Waals surface area contributed by atoms with Gasteiger partial charge in [0.2, 0.25) is 5.16 Å². The number of aromatic nitrogens is 4. The summed E-state index contributed by atoms with van der Waals surface area (Å²) in [5, 5.41) is 12.6. The van der Waals surface area contributed by atoms with Gasteiger partial charge in [0, 0.05) is 5.56 Å². The quantitative estimate of drug-likeness (QED) is 0.617. The van der Waals surface area contributed by atoms with E-state index in [1.54, 1.807) is 0 Å². The van der Waals surface area contributed by atoms with Crippen molar-refractivity contribution in [2.75, 3.05) is 0 Å². The number of Topliss-reactive ketones (excluding diaryl/α,β-unsaturated/α-hetero) is 1. The van der Waals surface area contributed by atoms with Crippen molar-refractivity contribution in [3.05, 3.63) is 34.9 Å². The van der Waals surface area contributed by atoms with Gasteiger partial charge < -0.3 is 0 Å². The molecule has 0 spiro atoms. The van der Waals surface area contributed by atoms with Crippen LogP contribution in [-0.2, 0) is 0 Å². The summed E-state index contributed by atoms with van der Waals surface area (Å²) in [6.07, 6.45) is 4.70. The number of hydrogen-bond donors (Lipinski definition) is 0. The van der Waals surface area contributed by atoms with Gasteiger partial charge in [0.05, 0.1) is 11.3 Å². The highest BCUT2D eigenvalue weighted by Gasteiger charge is 2.25. The van der Waals surface area contributed by atoms with E-state index >= 15 is 0 Å². The van der Waals surface area contributed by atoms with Crippen molar-refractivity contribution in [2.24, 2.45) is 0 Å². The fourth-order valence-electron chi connectivity index (χ4n) is 2.98. The van der Waals surface area contributed by atoms with Crippen LogP contribution in [0, 0.1) is 13.8 Å². The van der Waals surface area contributed by atoms with Gasteiger partial charge in [-0.1, -0.05) is 36.7 Å². The van der Waals surface area contributed by atoms with Gasteiger partial charge in [0.1, 0.15) is 0 Å². The summed E-state index contributed by atoms with van der Waals surface area (Å²) in [5.41, 5.74) is 3.10. The Kier molecular flexibility index (Phi) is 4.80. The Morgan fingerprint density at radius 3 is 2.70 bits per heavy atom. The lowest BCUT2D eigenvalue weighted by Gasteiger charge is -2.14. The second kappa shape index (κ2) is 6.83. The molecule has 1 aliphatic carbocycles. The number of tetrazole rings is 1. The van der Waals surface area contributed by atoms with E-state index in [4.69, 9.17) is 0 Å². The Labute approximate surface area is 140 Å². The largest absolute Gasteiger partial charge is 0.293 e. The number of aryl methyl sites for hydroxylation is 2. The summed E-state index contributed by atoms with van der Waals surface area (Å²) in [6.45, 7) is 6.01. The Balaban J connectivity index is 1.73. The van der Waals surface area contributed by atoms with Crippen LogP contribution in [0.15, 0.2) is 23.4 Å².